The Bertz CT molecular complexity index is 247. The van der Waals surface area contributed by atoms with Crippen molar-refractivity contribution in [1.29, 1.82) is 0 Å². The van der Waals surface area contributed by atoms with E-state index in [4.69, 9.17) is 4.74 Å². The van der Waals surface area contributed by atoms with E-state index in [9.17, 15) is 4.79 Å². The van der Waals surface area contributed by atoms with Crippen LogP contribution in [0.4, 0.5) is 4.79 Å². The zero-order chi connectivity index (χ0) is 14.0. The highest BCUT2D eigenvalue weighted by molar-refractivity contribution is 5.68. The van der Waals surface area contributed by atoms with Crippen LogP contribution in [0.1, 0.15) is 47.0 Å². The van der Waals surface area contributed by atoms with Crippen LogP contribution in [0.3, 0.4) is 0 Å². The molecule has 0 fully saturated rings. The van der Waals surface area contributed by atoms with Gasteiger partial charge in [0, 0.05) is 12.6 Å². The molecule has 0 bridgehead atoms. The van der Waals surface area contributed by atoms with Crippen molar-refractivity contribution in [3.8, 4) is 0 Å². The third-order valence-electron chi connectivity index (χ3n) is 2.32. The summed E-state index contributed by atoms with van der Waals surface area (Å²) >= 11 is 0. The number of unbranched alkanes of at least 4 members (excludes halogenated alkanes) is 1. The van der Waals surface area contributed by atoms with E-state index in [1.807, 2.05) is 33.8 Å². The largest absolute Gasteiger partial charge is 0.444 e. The number of carbonyl (C=O) groups is 1. The predicted molar refractivity (Wildman–Crippen MR) is 75.7 cm³/mol. The highest BCUT2D eigenvalue weighted by Gasteiger charge is 2.18. The summed E-state index contributed by atoms with van der Waals surface area (Å²) in [6.45, 7) is 13.0. The molecule has 4 heteroatoms. The van der Waals surface area contributed by atoms with Crippen LogP contribution < -0.4 is 10.6 Å². The molecule has 0 aromatic heterocycles. The number of ether oxygens (including phenoxy) is 1. The Hall–Kier alpha value is -1.03. The molecule has 1 amide bonds. The molecule has 1 atom stereocenters. The second-order valence-corrected chi connectivity index (χ2v) is 5.37. The number of nitrogens with one attached hydrogen (secondary N) is 2. The summed E-state index contributed by atoms with van der Waals surface area (Å²) in [7, 11) is 0. The van der Waals surface area contributed by atoms with E-state index in [-0.39, 0.29) is 12.1 Å². The Labute approximate surface area is 111 Å². The SMILES string of the molecule is C=CCCCC(CNCC)NC(=O)OC(C)(C)C. The molecule has 0 saturated carbocycles. The van der Waals surface area contributed by atoms with Gasteiger partial charge in [-0.3, -0.25) is 0 Å². The molecule has 2 N–H and O–H groups in total. The molecule has 0 heterocycles. The highest BCUT2D eigenvalue weighted by atomic mass is 16.6. The van der Waals surface area contributed by atoms with Gasteiger partial charge in [-0.15, -0.1) is 6.58 Å². The molecule has 0 aromatic rings. The topological polar surface area (TPSA) is 50.4 Å². The first-order chi connectivity index (χ1) is 8.39. The highest BCUT2D eigenvalue weighted by Crippen LogP contribution is 2.08. The lowest BCUT2D eigenvalue weighted by atomic mass is 10.1. The van der Waals surface area contributed by atoms with Gasteiger partial charge in [-0.25, -0.2) is 4.79 Å². The van der Waals surface area contributed by atoms with E-state index in [1.165, 1.54) is 0 Å². The summed E-state index contributed by atoms with van der Waals surface area (Å²) < 4.78 is 5.26. The second kappa shape index (κ2) is 8.97. The number of likely N-dealkylation sites (N-methyl/N-ethyl adjacent to an activating group) is 1. The molecule has 0 spiro atoms. The standard InChI is InChI=1S/C14H28N2O2/c1-6-8-9-10-12(11-15-7-2)16-13(17)18-14(3,4)5/h6,12,15H,1,7-11H2,2-5H3,(H,16,17). The lowest BCUT2D eigenvalue weighted by Gasteiger charge is -2.23. The lowest BCUT2D eigenvalue weighted by molar-refractivity contribution is 0.0501. The van der Waals surface area contributed by atoms with Crippen molar-refractivity contribution in [2.75, 3.05) is 13.1 Å². The minimum atomic E-state index is -0.450. The Balaban J connectivity index is 4.12. The van der Waals surface area contributed by atoms with Gasteiger partial charge in [0.25, 0.3) is 0 Å². The van der Waals surface area contributed by atoms with Gasteiger partial charge in [-0.1, -0.05) is 13.0 Å². The number of hydrogen-bond donors (Lipinski definition) is 2. The molecule has 0 aliphatic heterocycles. The van der Waals surface area contributed by atoms with Crippen LogP contribution in [0.25, 0.3) is 0 Å². The smallest absolute Gasteiger partial charge is 0.407 e. The molecule has 18 heavy (non-hydrogen) atoms. The normalized spacial score (nSPS) is 12.9. The maximum atomic E-state index is 11.7. The monoisotopic (exact) mass is 256 g/mol. The van der Waals surface area contributed by atoms with Gasteiger partial charge in [0.15, 0.2) is 0 Å². The molecule has 0 radical (unpaired) electrons. The maximum Gasteiger partial charge on any atom is 0.407 e. The van der Waals surface area contributed by atoms with Gasteiger partial charge in [0.1, 0.15) is 5.60 Å². The van der Waals surface area contributed by atoms with E-state index in [0.717, 1.165) is 32.4 Å². The summed E-state index contributed by atoms with van der Waals surface area (Å²) in [6.07, 6.45) is 4.48. The first-order valence-corrected chi connectivity index (χ1v) is 6.70. The maximum absolute atomic E-state index is 11.7. The average molecular weight is 256 g/mol. The van der Waals surface area contributed by atoms with Crippen molar-refractivity contribution in [3.63, 3.8) is 0 Å². The van der Waals surface area contributed by atoms with Crippen molar-refractivity contribution in [3.05, 3.63) is 12.7 Å². The second-order valence-electron chi connectivity index (χ2n) is 5.37. The number of rotatable bonds is 8. The molecule has 0 rings (SSSR count). The van der Waals surface area contributed by atoms with Gasteiger partial charge in [-0.05, 0) is 46.6 Å². The molecular weight excluding hydrogens is 228 g/mol. The molecule has 1 unspecified atom stereocenters. The molecule has 4 nitrogen and oxygen atoms in total. The van der Waals surface area contributed by atoms with Gasteiger partial charge in [0.2, 0.25) is 0 Å². The van der Waals surface area contributed by atoms with Crippen LogP contribution in [0.15, 0.2) is 12.7 Å². The Morgan fingerprint density at radius 1 is 1.44 bits per heavy atom. The first-order valence-electron chi connectivity index (χ1n) is 6.70. The van der Waals surface area contributed by atoms with Crippen molar-refractivity contribution >= 4 is 6.09 Å². The first kappa shape index (κ1) is 17.0. The summed E-state index contributed by atoms with van der Waals surface area (Å²) in [4.78, 5) is 11.7. The third-order valence-corrected chi connectivity index (χ3v) is 2.32. The Morgan fingerprint density at radius 2 is 2.11 bits per heavy atom. The van der Waals surface area contributed by atoms with E-state index in [0.29, 0.717) is 0 Å². The Morgan fingerprint density at radius 3 is 2.61 bits per heavy atom. The fourth-order valence-electron chi connectivity index (χ4n) is 1.53. The molecule has 0 aromatic carbocycles. The zero-order valence-corrected chi connectivity index (χ0v) is 12.2. The van der Waals surface area contributed by atoms with Gasteiger partial charge >= 0.3 is 6.09 Å². The summed E-state index contributed by atoms with van der Waals surface area (Å²) in [5, 5.41) is 6.16. The number of alkyl carbamates (subject to hydrolysis) is 1. The van der Waals surface area contributed by atoms with E-state index in [2.05, 4.69) is 17.2 Å². The van der Waals surface area contributed by atoms with Crippen LogP contribution >= 0.6 is 0 Å². The van der Waals surface area contributed by atoms with Gasteiger partial charge < -0.3 is 15.4 Å². The van der Waals surface area contributed by atoms with E-state index in [1.54, 1.807) is 0 Å². The number of carbonyl (C=O) groups excluding carboxylic acids is 1. The van der Waals surface area contributed by atoms with Crippen LogP contribution in [-0.4, -0.2) is 30.8 Å². The lowest BCUT2D eigenvalue weighted by Crippen LogP contribution is -2.44. The van der Waals surface area contributed by atoms with Crippen LogP contribution in [0.5, 0.6) is 0 Å². The van der Waals surface area contributed by atoms with Crippen LogP contribution in [-0.2, 0) is 4.74 Å². The fraction of sp³-hybridized carbons (Fsp3) is 0.786. The van der Waals surface area contributed by atoms with Crippen molar-refractivity contribution in [1.82, 2.24) is 10.6 Å². The third kappa shape index (κ3) is 10.1. The van der Waals surface area contributed by atoms with E-state index < -0.39 is 5.60 Å². The predicted octanol–water partition coefficient (Wildman–Crippen LogP) is 2.85. The molecule has 0 saturated heterocycles. The van der Waals surface area contributed by atoms with Crippen LogP contribution in [0, 0.1) is 0 Å². The molecule has 106 valence electrons. The average Bonchev–Trinajstić information content (AvgIpc) is 2.23. The Kier molecular flexibility index (Phi) is 8.46. The van der Waals surface area contributed by atoms with Crippen molar-refractivity contribution in [2.45, 2.75) is 58.6 Å². The molecule has 0 aliphatic rings. The quantitative estimate of drug-likeness (QED) is 0.518. The van der Waals surface area contributed by atoms with Gasteiger partial charge in [0.05, 0.1) is 0 Å². The molecular formula is C14H28N2O2. The fourth-order valence-corrected chi connectivity index (χ4v) is 1.53. The van der Waals surface area contributed by atoms with Crippen molar-refractivity contribution < 1.29 is 9.53 Å². The summed E-state index contributed by atoms with van der Waals surface area (Å²) in [6, 6.07) is 0.111. The van der Waals surface area contributed by atoms with Crippen LogP contribution in [0.2, 0.25) is 0 Å². The minimum absolute atomic E-state index is 0.111. The van der Waals surface area contributed by atoms with E-state index >= 15 is 0 Å². The minimum Gasteiger partial charge on any atom is -0.444 e. The van der Waals surface area contributed by atoms with Gasteiger partial charge in [-0.2, -0.15) is 0 Å². The molecule has 0 aliphatic carbocycles. The number of hydrogen-bond acceptors (Lipinski definition) is 3. The number of amides is 1. The zero-order valence-electron chi connectivity index (χ0n) is 12.2. The van der Waals surface area contributed by atoms with Crippen molar-refractivity contribution in [2.24, 2.45) is 0 Å². The summed E-state index contributed by atoms with van der Waals surface area (Å²) in [5.41, 5.74) is -0.450. The number of allylic oxidation sites excluding steroid dienone is 1. The summed E-state index contributed by atoms with van der Waals surface area (Å²) in [5.74, 6) is 0.